The first-order chi connectivity index (χ1) is 9.24. The fraction of sp³-hybridized carbons (Fsp3) is 0.667. The number of pyridine rings is 1. The highest BCUT2D eigenvalue weighted by Gasteiger charge is 2.20. The fourth-order valence-electron chi connectivity index (χ4n) is 2.21. The summed E-state index contributed by atoms with van der Waals surface area (Å²) in [7, 11) is 0. The number of anilines is 1. The van der Waals surface area contributed by atoms with Gasteiger partial charge in [0, 0.05) is 31.9 Å². The molecule has 0 radical (unpaired) electrons. The zero-order valence-electron chi connectivity index (χ0n) is 12.0. The van der Waals surface area contributed by atoms with E-state index in [-0.39, 0.29) is 0 Å². The Morgan fingerprint density at radius 3 is 2.53 bits per heavy atom. The largest absolute Gasteiger partial charge is 0.355 e. The smallest absolute Gasteiger partial charge is 0.147 e. The highest BCUT2D eigenvalue weighted by atomic mass is 35.5. The summed E-state index contributed by atoms with van der Waals surface area (Å²) in [5.41, 5.74) is 1.17. The zero-order chi connectivity index (χ0) is 13.7. The lowest BCUT2D eigenvalue weighted by atomic mass is 10.2. The minimum Gasteiger partial charge on any atom is -0.355 e. The quantitative estimate of drug-likeness (QED) is 0.789. The predicted octanol–water partition coefficient (Wildman–Crippen LogP) is 3.61. The number of halogens is 1. The molecule has 0 atom stereocenters. The van der Waals surface area contributed by atoms with Crippen LogP contribution in [0.25, 0.3) is 0 Å². The van der Waals surface area contributed by atoms with E-state index in [2.05, 4.69) is 35.1 Å². The molecule has 1 aliphatic rings. The second-order valence-electron chi connectivity index (χ2n) is 5.29. The molecule has 2 rings (SSSR count). The summed E-state index contributed by atoms with van der Waals surface area (Å²) in [5, 5.41) is 4.26. The molecular weight excluding hydrogens is 258 g/mol. The van der Waals surface area contributed by atoms with Crippen molar-refractivity contribution in [3.63, 3.8) is 0 Å². The fourth-order valence-corrected chi connectivity index (χ4v) is 2.52. The molecule has 4 heteroatoms. The highest BCUT2D eigenvalue weighted by Crippen LogP contribution is 2.25. The Labute approximate surface area is 121 Å². The molecule has 0 aromatic carbocycles. The molecule has 1 fully saturated rings. The van der Waals surface area contributed by atoms with Crippen molar-refractivity contribution >= 4 is 17.4 Å². The number of nitrogens with one attached hydrogen (secondary N) is 1. The molecule has 1 heterocycles. The van der Waals surface area contributed by atoms with Crippen molar-refractivity contribution in [1.82, 2.24) is 10.3 Å². The summed E-state index contributed by atoms with van der Waals surface area (Å²) in [5.74, 6) is 0.931. The van der Waals surface area contributed by atoms with Crippen LogP contribution in [0.4, 0.5) is 5.82 Å². The van der Waals surface area contributed by atoms with Gasteiger partial charge in [-0.1, -0.05) is 25.4 Å². The molecule has 0 aliphatic heterocycles. The van der Waals surface area contributed by atoms with Crippen molar-refractivity contribution in [3.05, 3.63) is 22.8 Å². The maximum Gasteiger partial charge on any atom is 0.147 e. The normalized spacial score (nSPS) is 14.7. The maximum absolute atomic E-state index is 6.39. The summed E-state index contributed by atoms with van der Waals surface area (Å²) < 4.78 is 0. The van der Waals surface area contributed by atoms with E-state index < -0.39 is 0 Å². The minimum absolute atomic E-state index is 0.718. The van der Waals surface area contributed by atoms with Crippen LogP contribution in [0.15, 0.2) is 12.3 Å². The van der Waals surface area contributed by atoms with Crippen molar-refractivity contribution in [1.29, 1.82) is 0 Å². The van der Waals surface area contributed by atoms with Crippen LogP contribution >= 0.6 is 11.6 Å². The third kappa shape index (κ3) is 4.36. The SMILES string of the molecule is CCCN(CCC)c1ncc(CNC2CC2)cc1Cl. The number of rotatable bonds is 8. The molecule has 0 saturated heterocycles. The Morgan fingerprint density at radius 1 is 1.32 bits per heavy atom. The van der Waals surface area contributed by atoms with Gasteiger partial charge in [-0.2, -0.15) is 0 Å². The Bertz CT molecular complexity index is 398. The number of hydrogen-bond acceptors (Lipinski definition) is 3. The van der Waals surface area contributed by atoms with Crippen molar-refractivity contribution in [3.8, 4) is 0 Å². The van der Waals surface area contributed by atoms with E-state index >= 15 is 0 Å². The molecule has 3 nitrogen and oxygen atoms in total. The molecule has 0 bridgehead atoms. The van der Waals surface area contributed by atoms with E-state index in [1.807, 2.05) is 6.20 Å². The van der Waals surface area contributed by atoms with Gasteiger partial charge in [0.15, 0.2) is 0 Å². The molecular formula is C15H24ClN3. The van der Waals surface area contributed by atoms with Crippen LogP contribution in [0, 0.1) is 0 Å². The standard InChI is InChI=1S/C15H24ClN3/c1-3-7-19(8-4-2)15-14(16)9-12(11-18-15)10-17-13-5-6-13/h9,11,13,17H,3-8,10H2,1-2H3. The van der Waals surface area contributed by atoms with E-state index in [4.69, 9.17) is 11.6 Å². The van der Waals surface area contributed by atoms with Crippen molar-refractivity contribution in [2.24, 2.45) is 0 Å². The molecule has 0 amide bonds. The van der Waals surface area contributed by atoms with Gasteiger partial charge in [-0.15, -0.1) is 0 Å². The lowest BCUT2D eigenvalue weighted by Gasteiger charge is -2.23. The average molecular weight is 282 g/mol. The maximum atomic E-state index is 6.39. The van der Waals surface area contributed by atoms with Gasteiger partial charge in [-0.25, -0.2) is 4.98 Å². The van der Waals surface area contributed by atoms with Crippen LogP contribution in [0.1, 0.15) is 45.1 Å². The highest BCUT2D eigenvalue weighted by molar-refractivity contribution is 6.33. The van der Waals surface area contributed by atoms with Crippen molar-refractivity contribution in [2.75, 3.05) is 18.0 Å². The second-order valence-corrected chi connectivity index (χ2v) is 5.70. The molecule has 1 aromatic heterocycles. The third-order valence-corrected chi connectivity index (χ3v) is 3.62. The summed E-state index contributed by atoms with van der Waals surface area (Å²) in [4.78, 5) is 6.85. The van der Waals surface area contributed by atoms with Crippen LogP contribution in [-0.4, -0.2) is 24.1 Å². The van der Waals surface area contributed by atoms with Crippen molar-refractivity contribution < 1.29 is 0 Å². The first-order valence-corrected chi connectivity index (χ1v) is 7.75. The Hall–Kier alpha value is -0.800. The summed E-state index contributed by atoms with van der Waals surface area (Å²) in [6, 6.07) is 2.77. The molecule has 1 saturated carbocycles. The van der Waals surface area contributed by atoms with Gasteiger partial charge >= 0.3 is 0 Å². The van der Waals surface area contributed by atoms with Gasteiger partial charge < -0.3 is 10.2 Å². The van der Waals surface area contributed by atoms with E-state index in [0.717, 1.165) is 49.4 Å². The molecule has 19 heavy (non-hydrogen) atoms. The summed E-state index contributed by atoms with van der Waals surface area (Å²) in [6.07, 6.45) is 6.79. The van der Waals surface area contributed by atoms with Gasteiger partial charge in [0.2, 0.25) is 0 Å². The van der Waals surface area contributed by atoms with Gasteiger partial charge in [-0.05, 0) is 37.3 Å². The first kappa shape index (κ1) is 14.6. The Balaban J connectivity index is 2.02. The van der Waals surface area contributed by atoms with Crippen LogP contribution in [0.2, 0.25) is 5.02 Å². The molecule has 1 N–H and O–H groups in total. The predicted molar refractivity (Wildman–Crippen MR) is 81.9 cm³/mol. The van der Waals surface area contributed by atoms with Crippen LogP contribution in [0.3, 0.4) is 0 Å². The minimum atomic E-state index is 0.718. The van der Waals surface area contributed by atoms with E-state index in [0.29, 0.717) is 0 Å². The summed E-state index contributed by atoms with van der Waals surface area (Å²) >= 11 is 6.39. The van der Waals surface area contributed by atoms with Crippen LogP contribution < -0.4 is 10.2 Å². The monoisotopic (exact) mass is 281 g/mol. The van der Waals surface area contributed by atoms with Crippen LogP contribution in [-0.2, 0) is 6.54 Å². The molecule has 0 spiro atoms. The van der Waals surface area contributed by atoms with Crippen molar-refractivity contribution in [2.45, 2.75) is 52.1 Å². The number of nitrogens with zero attached hydrogens (tertiary/aromatic N) is 2. The third-order valence-electron chi connectivity index (χ3n) is 3.34. The van der Waals surface area contributed by atoms with Gasteiger partial charge in [-0.3, -0.25) is 0 Å². The first-order valence-electron chi connectivity index (χ1n) is 7.37. The zero-order valence-corrected chi connectivity index (χ0v) is 12.7. The van der Waals surface area contributed by atoms with Crippen LogP contribution in [0.5, 0.6) is 0 Å². The lowest BCUT2D eigenvalue weighted by molar-refractivity contribution is 0.684. The second kappa shape index (κ2) is 7.11. The van der Waals surface area contributed by atoms with Gasteiger partial charge in [0.05, 0.1) is 5.02 Å². The topological polar surface area (TPSA) is 28.2 Å². The average Bonchev–Trinajstić information content (AvgIpc) is 3.20. The van der Waals surface area contributed by atoms with Gasteiger partial charge in [0.1, 0.15) is 5.82 Å². The van der Waals surface area contributed by atoms with E-state index in [9.17, 15) is 0 Å². The molecule has 0 unspecified atom stereocenters. The number of hydrogen-bond donors (Lipinski definition) is 1. The number of aromatic nitrogens is 1. The molecule has 106 valence electrons. The van der Waals surface area contributed by atoms with E-state index in [1.165, 1.54) is 18.4 Å². The van der Waals surface area contributed by atoms with E-state index in [1.54, 1.807) is 0 Å². The molecule has 1 aromatic rings. The Kier molecular flexibility index (Phi) is 5.46. The Morgan fingerprint density at radius 2 is 2.00 bits per heavy atom. The molecule has 1 aliphatic carbocycles. The lowest BCUT2D eigenvalue weighted by Crippen LogP contribution is -2.26. The summed E-state index contributed by atoms with van der Waals surface area (Å²) in [6.45, 7) is 7.27. The van der Waals surface area contributed by atoms with Gasteiger partial charge in [0.25, 0.3) is 0 Å².